The van der Waals surface area contributed by atoms with Crippen LogP contribution in [0.1, 0.15) is 16.7 Å². The third-order valence-electron chi connectivity index (χ3n) is 4.50. The van der Waals surface area contributed by atoms with Crippen LogP contribution in [0.3, 0.4) is 0 Å². The van der Waals surface area contributed by atoms with Crippen molar-refractivity contribution in [2.24, 2.45) is 0 Å². The first-order valence-electron chi connectivity index (χ1n) is 8.36. The zero-order valence-electron chi connectivity index (χ0n) is 14.5. The van der Waals surface area contributed by atoms with Gasteiger partial charge in [-0.1, -0.05) is 18.2 Å². The summed E-state index contributed by atoms with van der Waals surface area (Å²) in [7, 11) is 0. The van der Waals surface area contributed by atoms with Crippen LogP contribution in [-0.2, 0) is 6.54 Å². The summed E-state index contributed by atoms with van der Waals surface area (Å²) in [5, 5.41) is 30.0. The van der Waals surface area contributed by atoms with Crippen LogP contribution in [0.2, 0.25) is 0 Å². The molecule has 0 amide bonds. The van der Waals surface area contributed by atoms with E-state index in [0.29, 0.717) is 29.3 Å². The molecule has 134 valence electrons. The number of nitriles is 2. The molecule has 0 spiro atoms. The number of para-hydroxylation sites is 1. The van der Waals surface area contributed by atoms with Gasteiger partial charge in [-0.15, -0.1) is 0 Å². The highest BCUT2D eigenvalue weighted by Crippen LogP contribution is 2.44. The molecule has 0 aromatic heterocycles. The van der Waals surface area contributed by atoms with Gasteiger partial charge < -0.3 is 9.64 Å². The van der Waals surface area contributed by atoms with Gasteiger partial charge in [0.15, 0.2) is 5.75 Å². The number of rotatable bonds is 2. The monoisotopic (exact) mass is 368 g/mol. The molecular formula is C21H12N4O3. The van der Waals surface area contributed by atoms with Gasteiger partial charge in [0.2, 0.25) is 0 Å². The fraction of sp³-hybridized carbons (Fsp3) is 0.0476. The van der Waals surface area contributed by atoms with Gasteiger partial charge in [0, 0.05) is 29.4 Å². The largest absolute Gasteiger partial charge is 0.455 e. The lowest BCUT2D eigenvalue weighted by Crippen LogP contribution is -2.15. The van der Waals surface area contributed by atoms with E-state index in [-0.39, 0.29) is 16.8 Å². The maximum atomic E-state index is 11.2. The van der Waals surface area contributed by atoms with Gasteiger partial charge in [0.25, 0.3) is 5.69 Å². The number of fused-ring (bicyclic) bond motifs is 2. The predicted molar refractivity (Wildman–Crippen MR) is 101 cm³/mol. The summed E-state index contributed by atoms with van der Waals surface area (Å²) in [5.41, 5.74) is 2.49. The van der Waals surface area contributed by atoms with Crippen molar-refractivity contribution in [1.82, 2.24) is 0 Å². The molecule has 1 heterocycles. The van der Waals surface area contributed by atoms with E-state index in [1.165, 1.54) is 18.2 Å². The summed E-state index contributed by atoms with van der Waals surface area (Å²) < 4.78 is 6.01. The molecule has 1 aliphatic rings. The van der Waals surface area contributed by atoms with Crippen molar-refractivity contribution in [1.29, 1.82) is 10.5 Å². The van der Waals surface area contributed by atoms with Gasteiger partial charge in [0.1, 0.15) is 17.9 Å². The number of nitro groups is 1. The second kappa shape index (κ2) is 6.75. The topological polar surface area (TPSA) is 103 Å². The van der Waals surface area contributed by atoms with Crippen LogP contribution < -0.4 is 9.64 Å². The molecule has 7 heteroatoms. The van der Waals surface area contributed by atoms with E-state index in [0.717, 1.165) is 5.69 Å². The van der Waals surface area contributed by atoms with Crippen LogP contribution in [0.25, 0.3) is 0 Å². The average Bonchev–Trinajstić information content (AvgIpc) is 2.88. The smallest absolute Gasteiger partial charge is 0.270 e. The lowest BCUT2D eigenvalue weighted by molar-refractivity contribution is -0.384. The number of anilines is 2. The van der Waals surface area contributed by atoms with Crippen LogP contribution in [0.5, 0.6) is 11.5 Å². The van der Waals surface area contributed by atoms with Gasteiger partial charge in [-0.3, -0.25) is 10.1 Å². The zero-order chi connectivity index (χ0) is 19.7. The van der Waals surface area contributed by atoms with Crippen molar-refractivity contribution in [3.8, 4) is 23.6 Å². The van der Waals surface area contributed by atoms with Gasteiger partial charge >= 0.3 is 0 Å². The highest BCUT2D eigenvalue weighted by Gasteiger charge is 2.25. The maximum absolute atomic E-state index is 11.2. The number of hydrogen-bond donors (Lipinski definition) is 0. The summed E-state index contributed by atoms with van der Waals surface area (Å²) in [5.74, 6) is 0.880. The van der Waals surface area contributed by atoms with Crippen LogP contribution in [0, 0.1) is 32.8 Å². The molecule has 3 aromatic rings. The van der Waals surface area contributed by atoms with Crippen LogP contribution in [0.4, 0.5) is 17.1 Å². The third kappa shape index (κ3) is 2.87. The highest BCUT2D eigenvalue weighted by molar-refractivity contribution is 5.75. The molecule has 0 fully saturated rings. The molecule has 28 heavy (non-hydrogen) atoms. The van der Waals surface area contributed by atoms with E-state index < -0.39 is 4.92 Å². The fourth-order valence-electron chi connectivity index (χ4n) is 3.16. The lowest BCUT2D eigenvalue weighted by Gasteiger charge is -2.24. The van der Waals surface area contributed by atoms with E-state index in [4.69, 9.17) is 4.74 Å². The normalized spacial score (nSPS) is 11.9. The Morgan fingerprint density at radius 3 is 2.36 bits per heavy atom. The minimum Gasteiger partial charge on any atom is -0.455 e. The standard InChI is InChI=1S/C21H12N4O3/c22-11-14-9-19-21(10-15(14)12-23)28-20-7-6-18(25(26)27)8-16(20)13-24(19)17-4-2-1-3-5-17/h1-10H,13H2. The Labute approximate surface area is 160 Å². The lowest BCUT2D eigenvalue weighted by atomic mass is 10.1. The Hall–Kier alpha value is -4.36. The van der Waals surface area contributed by atoms with Crippen molar-refractivity contribution in [2.45, 2.75) is 6.54 Å². The highest BCUT2D eigenvalue weighted by atomic mass is 16.6. The molecule has 0 bridgehead atoms. The predicted octanol–water partition coefficient (Wildman–Crippen LogP) is 4.78. The van der Waals surface area contributed by atoms with Crippen LogP contribution in [-0.4, -0.2) is 4.92 Å². The van der Waals surface area contributed by atoms with Crippen molar-refractivity contribution < 1.29 is 9.66 Å². The van der Waals surface area contributed by atoms with E-state index in [2.05, 4.69) is 0 Å². The number of nitro benzene ring substituents is 1. The Morgan fingerprint density at radius 1 is 0.964 bits per heavy atom. The molecule has 0 N–H and O–H groups in total. The summed E-state index contributed by atoms with van der Waals surface area (Å²) in [6.07, 6.45) is 0. The summed E-state index contributed by atoms with van der Waals surface area (Å²) >= 11 is 0. The molecule has 3 aromatic carbocycles. The summed E-state index contributed by atoms with van der Waals surface area (Å²) in [6, 6.07) is 21.0. The van der Waals surface area contributed by atoms with Crippen LogP contribution in [0.15, 0.2) is 60.7 Å². The third-order valence-corrected chi connectivity index (χ3v) is 4.50. The quantitative estimate of drug-likeness (QED) is 0.476. The average molecular weight is 368 g/mol. The Kier molecular flexibility index (Phi) is 4.11. The van der Waals surface area contributed by atoms with E-state index in [1.54, 1.807) is 12.1 Å². The maximum Gasteiger partial charge on any atom is 0.270 e. The molecular weight excluding hydrogens is 356 g/mol. The van der Waals surface area contributed by atoms with E-state index in [9.17, 15) is 20.6 Å². The zero-order valence-corrected chi connectivity index (χ0v) is 14.5. The van der Waals surface area contributed by atoms with Gasteiger partial charge in [-0.25, -0.2) is 0 Å². The minimum atomic E-state index is -0.452. The van der Waals surface area contributed by atoms with Crippen molar-refractivity contribution in [3.05, 3.63) is 87.5 Å². The molecule has 0 saturated heterocycles. The minimum absolute atomic E-state index is 0.0308. The van der Waals surface area contributed by atoms with Gasteiger partial charge in [-0.2, -0.15) is 10.5 Å². The number of nitrogens with zero attached hydrogens (tertiary/aromatic N) is 4. The molecule has 0 atom stereocenters. The second-order valence-corrected chi connectivity index (χ2v) is 6.16. The Morgan fingerprint density at radius 2 is 1.68 bits per heavy atom. The number of benzene rings is 3. The number of non-ortho nitro benzene ring substituents is 1. The SMILES string of the molecule is N#Cc1cc2c(cc1C#N)N(c1ccccc1)Cc1cc([N+](=O)[O-])ccc1O2. The first kappa shape index (κ1) is 17.1. The van der Waals surface area contributed by atoms with E-state index in [1.807, 2.05) is 47.4 Å². The van der Waals surface area contributed by atoms with Crippen molar-refractivity contribution in [3.63, 3.8) is 0 Å². The second-order valence-electron chi connectivity index (χ2n) is 6.16. The molecule has 4 rings (SSSR count). The molecule has 0 radical (unpaired) electrons. The Balaban J connectivity index is 1.95. The number of hydrogen-bond acceptors (Lipinski definition) is 6. The van der Waals surface area contributed by atoms with Gasteiger partial charge in [-0.05, 0) is 24.3 Å². The Bertz CT molecular complexity index is 1180. The van der Waals surface area contributed by atoms with Crippen LogP contribution >= 0.6 is 0 Å². The van der Waals surface area contributed by atoms with Crippen molar-refractivity contribution >= 4 is 17.1 Å². The fourth-order valence-corrected chi connectivity index (χ4v) is 3.16. The molecule has 0 saturated carbocycles. The summed E-state index contributed by atoms with van der Waals surface area (Å²) in [6.45, 7) is 0.310. The molecule has 7 nitrogen and oxygen atoms in total. The van der Waals surface area contributed by atoms with E-state index >= 15 is 0 Å². The molecule has 0 unspecified atom stereocenters. The van der Waals surface area contributed by atoms with Crippen molar-refractivity contribution in [2.75, 3.05) is 4.90 Å². The summed E-state index contributed by atoms with van der Waals surface area (Å²) in [4.78, 5) is 12.6. The molecule has 0 aliphatic carbocycles. The molecule has 1 aliphatic heterocycles. The number of ether oxygens (including phenoxy) is 1. The van der Waals surface area contributed by atoms with Gasteiger partial charge in [0.05, 0.1) is 28.3 Å². The first-order chi connectivity index (χ1) is 13.6. The first-order valence-corrected chi connectivity index (χ1v) is 8.36.